The van der Waals surface area contributed by atoms with Crippen LogP contribution in [0.5, 0.6) is 5.75 Å². The summed E-state index contributed by atoms with van der Waals surface area (Å²) in [5.41, 5.74) is 12.7. The SMILES string of the molecule is Nc1cncc(-c2ccc3[nH]nc(-c4cc5c(-c6cc(O)cc(F)c6)nccc5[nH]4)c3c2)c1. The summed E-state index contributed by atoms with van der Waals surface area (Å²) < 4.78 is 13.9. The molecule has 0 saturated heterocycles. The zero-order chi connectivity index (χ0) is 22.5. The zero-order valence-corrected chi connectivity index (χ0v) is 17.2. The van der Waals surface area contributed by atoms with E-state index in [4.69, 9.17) is 5.73 Å². The Kier molecular flexibility index (Phi) is 4.13. The topological polar surface area (TPSA) is 116 Å². The molecule has 4 heterocycles. The Morgan fingerprint density at radius 2 is 1.70 bits per heavy atom. The Morgan fingerprint density at radius 3 is 2.55 bits per heavy atom. The van der Waals surface area contributed by atoms with Gasteiger partial charge in [0, 0.05) is 52.1 Å². The number of nitrogens with two attached hydrogens (primary N) is 1. The largest absolute Gasteiger partial charge is 0.508 e. The molecule has 0 bridgehead atoms. The minimum atomic E-state index is -0.526. The van der Waals surface area contributed by atoms with Gasteiger partial charge in [-0.2, -0.15) is 5.10 Å². The van der Waals surface area contributed by atoms with Crippen molar-refractivity contribution in [2.24, 2.45) is 0 Å². The first-order valence-corrected chi connectivity index (χ1v) is 10.2. The van der Waals surface area contributed by atoms with E-state index in [0.717, 1.165) is 50.4 Å². The molecule has 0 aliphatic heterocycles. The number of benzene rings is 2. The van der Waals surface area contributed by atoms with Crippen LogP contribution in [0.4, 0.5) is 10.1 Å². The molecule has 0 amide bonds. The number of fused-ring (bicyclic) bond motifs is 2. The molecule has 0 aliphatic rings. The highest BCUT2D eigenvalue weighted by Crippen LogP contribution is 2.35. The normalized spacial score (nSPS) is 11.4. The molecule has 7 nitrogen and oxygen atoms in total. The minimum Gasteiger partial charge on any atom is -0.508 e. The number of H-pyrrole nitrogens is 2. The van der Waals surface area contributed by atoms with Gasteiger partial charge in [-0.1, -0.05) is 6.07 Å². The van der Waals surface area contributed by atoms with Gasteiger partial charge in [-0.3, -0.25) is 15.1 Å². The molecule has 0 saturated carbocycles. The van der Waals surface area contributed by atoms with Crippen molar-refractivity contribution in [3.8, 4) is 39.5 Å². The molecular formula is C25H17FN6O. The quantitative estimate of drug-likeness (QED) is 0.302. The highest BCUT2D eigenvalue weighted by Gasteiger charge is 2.15. The summed E-state index contributed by atoms with van der Waals surface area (Å²) in [7, 11) is 0. The molecule has 6 aromatic rings. The van der Waals surface area contributed by atoms with Gasteiger partial charge in [-0.25, -0.2) is 4.39 Å². The van der Waals surface area contributed by atoms with Gasteiger partial charge in [0.15, 0.2) is 0 Å². The van der Waals surface area contributed by atoms with E-state index in [2.05, 4.69) is 25.1 Å². The molecule has 0 aliphatic carbocycles. The number of nitrogen functional groups attached to an aromatic ring is 1. The Labute approximate surface area is 186 Å². The fourth-order valence-electron chi connectivity index (χ4n) is 4.14. The lowest BCUT2D eigenvalue weighted by atomic mass is 10.0. The van der Waals surface area contributed by atoms with Crippen molar-refractivity contribution in [1.82, 2.24) is 25.1 Å². The molecule has 2 aromatic carbocycles. The van der Waals surface area contributed by atoms with Crippen LogP contribution in [0.15, 0.2) is 73.2 Å². The average molecular weight is 436 g/mol. The number of rotatable bonds is 3. The number of nitrogens with zero attached hydrogens (tertiary/aromatic N) is 3. The fraction of sp³-hybridized carbons (Fsp3) is 0. The number of halogens is 1. The van der Waals surface area contributed by atoms with E-state index in [1.807, 2.05) is 36.4 Å². The summed E-state index contributed by atoms with van der Waals surface area (Å²) in [5, 5.41) is 19.2. The number of aromatic nitrogens is 5. The number of aromatic hydroxyl groups is 1. The summed E-state index contributed by atoms with van der Waals surface area (Å²) in [4.78, 5) is 12.0. The lowest BCUT2D eigenvalue weighted by molar-refractivity contribution is 0.469. The number of aromatic amines is 2. The molecule has 33 heavy (non-hydrogen) atoms. The minimum absolute atomic E-state index is 0.151. The van der Waals surface area contributed by atoms with Gasteiger partial charge in [-0.05, 0) is 48.0 Å². The van der Waals surface area contributed by atoms with Crippen LogP contribution in [0.3, 0.4) is 0 Å². The number of pyridine rings is 2. The number of phenols is 1. The van der Waals surface area contributed by atoms with Crippen LogP contribution in [0.25, 0.3) is 55.6 Å². The predicted molar refractivity (Wildman–Crippen MR) is 126 cm³/mol. The third-order valence-electron chi connectivity index (χ3n) is 5.61. The molecular weight excluding hydrogens is 419 g/mol. The molecule has 4 aromatic heterocycles. The number of anilines is 1. The summed E-state index contributed by atoms with van der Waals surface area (Å²) in [5.74, 6) is -0.678. The first kappa shape index (κ1) is 19.0. The first-order chi connectivity index (χ1) is 16.0. The summed E-state index contributed by atoms with van der Waals surface area (Å²) in [6, 6.07) is 15.6. The van der Waals surface area contributed by atoms with Crippen LogP contribution in [-0.2, 0) is 0 Å². The lowest BCUT2D eigenvalue weighted by Gasteiger charge is -2.03. The average Bonchev–Trinajstić information content (AvgIpc) is 3.41. The van der Waals surface area contributed by atoms with Crippen LogP contribution in [0.2, 0.25) is 0 Å². The molecule has 5 N–H and O–H groups in total. The number of hydrogen-bond donors (Lipinski definition) is 4. The Bertz CT molecular complexity index is 1650. The van der Waals surface area contributed by atoms with Gasteiger partial charge < -0.3 is 15.8 Å². The van der Waals surface area contributed by atoms with Crippen LogP contribution in [-0.4, -0.2) is 30.3 Å². The smallest absolute Gasteiger partial charge is 0.127 e. The van der Waals surface area contributed by atoms with Crippen molar-refractivity contribution in [3.63, 3.8) is 0 Å². The molecule has 0 spiro atoms. The van der Waals surface area contributed by atoms with Crippen LogP contribution < -0.4 is 5.73 Å². The van der Waals surface area contributed by atoms with Gasteiger partial charge in [0.2, 0.25) is 0 Å². The number of hydrogen-bond acceptors (Lipinski definition) is 5. The maximum absolute atomic E-state index is 13.9. The summed E-state index contributed by atoms with van der Waals surface area (Å²) in [6.07, 6.45) is 5.03. The molecule has 8 heteroatoms. The zero-order valence-electron chi connectivity index (χ0n) is 17.2. The van der Waals surface area contributed by atoms with Gasteiger partial charge >= 0.3 is 0 Å². The molecule has 0 unspecified atom stereocenters. The Morgan fingerprint density at radius 1 is 0.818 bits per heavy atom. The lowest BCUT2D eigenvalue weighted by Crippen LogP contribution is -1.87. The maximum Gasteiger partial charge on any atom is 0.127 e. The van der Waals surface area contributed by atoms with Crippen molar-refractivity contribution < 1.29 is 9.50 Å². The van der Waals surface area contributed by atoms with Crippen LogP contribution >= 0.6 is 0 Å². The van der Waals surface area contributed by atoms with Crippen molar-refractivity contribution in [3.05, 3.63) is 79.0 Å². The first-order valence-electron chi connectivity index (χ1n) is 10.2. The van der Waals surface area contributed by atoms with Crippen molar-refractivity contribution in [1.29, 1.82) is 0 Å². The standard InChI is InChI=1S/C25H17FN6O/c26-16-5-14(7-18(33)9-16)24-20-10-23(30-21(20)3-4-29-24)25-19-8-13(1-2-22(19)31-32-25)15-6-17(27)12-28-11-15/h1-12,30,33H,27H2,(H,31,32). The van der Waals surface area contributed by atoms with Crippen LogP contribution in [0, 0.1) is 5.82 Å². The summed E-state index contributed by atoms with van der Waals surface area (Å²) >= 11 is 0. The van der Waals surface area contributed by atoms with Crippen molar-refractivity contribution in [2.45, 2.75) is 0 Å². The third-order valence-corrected chi connectivity index (χ3v) is 5.61. The van der Waals surface area contributed by atoms with E-state index in [1.165, 1.54) is 12.1 Å². The predicted octanol–water partition coefficient (Wildman–Crippen LogP) is 5.26. The van der Waals surface area contributed by atoms with Gasteiger partial charge in [0.05, 0.1) is 22.6 Å². The van der Waals surface area contributed by atoms with Gasteiger partial charge in [0.1, 0.15) is 17.3 Å². The molecule has 0 atom stereocenters. The van der Waals surface area contributed by atoms with E-state index in [1.54, 1.807) is 18.6 Å². The van der Waals surface area contributed by atoms with E-state index in [9.17, 15) is 9.50 Å². The number of nitrogens with one attached hydrogen (secondary N) is 2. The second-order valence-corrected chi connectivity index (χ2v) is 7.84. The van der Waals surface area contributed by atoms with Crippen molar-refractivity contribution in [2.75, 3.05) is 5.73 Å². The van der Waals surface area contributed by atoms with Crippen LogP contribution in [0.1, 0.15) is 0 Å². The second kappa shape index (κ2) is 7.16. The van der Waals surface area contributed by atoms with E-state index < -0.39 is 5.82 Å². The maximum atomic E-state index is 13.9. The Hall–Kier alpha value is -4.72. The highest BCUT2D eigenvalue weighted by atomic mass is 19.1. The molecule has 0 radical (unpaired) electrons. The van der Waals surface area contributed by atoms with Gasteiger partial charge in [0.25, 0.3) is 0 Å². The molecule has 0 fully saturated rings. The number of phenolic OH excluding ortho intramolecular Hbond substituents is 1. The van der Waals surface area contributed by atoms with E-state index >= 15 is 0 Å². The van der Waals surface area contributed by atoms with E-state index in [0.29, 0.717) is 16.9 Å². The summed E-state index contributed by atoms with van der Waals surface area (Å²) in [6.45, 7) is 0. The molecule has 160 valence electrons. The second-order valence-electron chi connectivity index (χ2n) is 7.84. The Balaban J connectivity index is 1.51. The monoisotopic (exact) mass is 436 g/mol. The molecule has 6 rings (SSSR count). The van der Waals surface area contributed by atoms with Gasteiger partial charge in [-0.15, -0.1) is 0 Å². The van der Waals surface area contributed by atoms with Crippen molar-refractivity contribution >= 4 is 27.5 Å². The third kappa shape index (κ3) is 3.25. The highest BCUT2D eigenvalue weighted by molar-refractivity contribution is 6.01. The fourth-order valence-corrected chi connectivity index (χ4v) is 4.14. The van der Waals surface area contributed by atoms with E-state index in [-0.39, 0.29) is 5.75 Å².